The van der Waals surface area contributed by atoms with Gasteiger partial charge in [0.2, 0.25) is 0 Å². The minimum absolute atomic E-state index is 0.0751. The molecule has 0 saturated carbocycles. The molecule has 1 aliphatic rings. The van der Waals surface area contributed by atoms with E-state index in [9.17, 15) is 9.90 Å². The summed E-state index contributed by atoms with van der Waals surface area (Å²) in [4.78, 5) is 25.5. The third-order valence-electron chi connectivity index (χ3n) is 5.28. The smallest absolute Gasteiger partial charge is 0.254 e. The number of amides is 1. The zero-order valence-electron chi connectivity index (χ0n) is 15.0. The monoisotopic (exact) mass is 352 g/mol. The second-order valence-electron chi connectivity index (χ2n) is 6.97. The standard InChI is InChI=1S/C20H24N4O2/c1-13-19(22-12-21-13)11-24(8-9-25)20(26)14-6-7-16-15-4-2-3-5-17(15)23-18(16)10-14/h6-7,10,12,23,25H,2-5,8-9,11H2,1H3,(H,21,22). The van der Waals surface area contributed by atoms with Crippen LogP contribution in [0.5, 0.6) is 0 Å². The maximum atomic E-state index is 13.0. The van der Waals surface area contributed by atoms with E-state index < -0.39 is 0 Å². The number of carbonyl (C=O) groups is 1. The Balaban J connectivity index is 1.63. The first kappa shape index (κ1) is 16.8. The number of imidazole rings is 1. The highest BCUT2D eigenvalue weighted by Gasteiger charge is 2.20. The Hall–Kier alpha value is -2.60. The predicted octanol–water partition coefficient (Wildman–Crippen LogP) is 2.71. The number of nitrogens with one attached hydrogen (secondary N) is 2. The van der Waals surface area contributed by atoms with Crippen LogP contribution in [-0.4, -0.2) is 44.0 Å². The molecule has 0 atom stereocenters. The molecule has 0 aliphatic heterocycles. The average molecular weight is 352 g/mol. The number of hydrogen-bond donors (Lipinski definition) is 3. The van der Waals surface area contributed by atoms with Crippen molar-refractivity contribution in [1.82, 2.24) is 19.9 Å². The summed E-state index contributed by atoms with van der Waals surface area (Å²) in [6.07, 6.45) is 6.27. The lowest BCUT2D eigenvalue weighted by Crippen LogP contribution is -2.33. The van der Waals surface area contributed by atoms with Crippen molar-refractivity contribution in [3.05, 3.63) is 52.7 Å². The van der Waals surface area contributed by atoms with Crippen LogP contribution in [0.1, 0.15) is 45.8 Å². The first-order valence-electron chi connectivity index (χ1n) is 9.20. The molecule has 4 rings (SSSR count). The predicted molar refractivity (Wildman–Crippen MR) is 100 cm³/mol. The van der Waals surface area contributed by atoms with E-state index in [2.05, 4.69) is 21.0 Å². The van der Waals surface area contributed by atoms with Crippen LogP contribution in [0.4, 0.5) is 0 Å². The molecule has 1 amide bonds. The largest absolute Gasteiger partial charge is 0.395 e. The van der Waals surface area contributed by atoms with E-state index >= 15 is 0 Å². The van der Waals surface area contributed by atoms with Gasteiger partial charge in [-0.3, -0.25) is 4.79 Å². The van der Waals surface area contributed by atoms with Crippen molar-refractivity contribution >= 4 is 16.8 Å². The lowest BCUT2D eigenvalue weighted by molar-refractivity contribution is 0.0705. The van der Waals surface area contributed by atoms with E-state index in [1.165, 1.54) is 29.5 Å². The summed E-state index contributed by atoms with van der Waals surface area (Å²) in [5, 5.41) is 10.6. The number of aromatic amines is 2. The number of nitrogens with zero attached hydrogens (tertiary/aromatic N) is 2. The molecule has 136 valence electrons. The first-order valence-corrected chi connectivity index (χ1v) is 9.20. The average Bonchev–Trinajstić information content (AvgIpc) is 3.23. The van der Waals surface area contributed by atoms with E-state index in [4.69, 9.17) is 0 Å². The minimum atomic E-state index is -0.0871. The zero-order valence-corrected chi connectivity index (χ0v) is 15.0. The van der Waals surface area contributed by atoms with E-state index in [1.54, 1.807) is 11.2 Å². The molecule has 0 saturated heterocycles. The van der Waals surface area contributed by atoms with Gasteiger partial charge < -0.3 is 20.0 Å². The van der Waals surface area contributed by atoms with E-state index in [-0.39, 0.29) is 19.1 Å². The Morgan fingerprint density at radius 1 is 1.31 bits per heavy atom. The number of H-pyrrole nitrogens is 2. The summed E-state index contributed by atoms with van der Waals surface area (Å²) >= 11 is 0. The normalized spacial score (nSPS) is 13.8. The number of fused-ring (bicyclic) bond motifs is 3. The van der Waals surface area contributed by atoms with Crippen LogP contribution in [-0.2, 0) is 19.4 Å². The molecular weight excluding hydrogens is 328 g/mol. The van der Waals surface area contributed by atoms with Gasteiger partial charge in [0.25, 0.3) is 5.91 Å². The van der Waals surface area contributed by atoms with Crippen molar-refractivity contribution < 1.29 is 9.90 Å². The SMILES string of the molecule is Cc1[nH]cnc1CN(CCO)C(=O)c1ccc2c3c([nH]c2c1)CCCC3. The third-order valence-corrected chi connectivity index (χ3v) is 5.28. The number of aryl methyl sites for hydroxylation is 3. The molecule has 0 spiro atoms. The summed E-state index contributed by atoms with van der Waals surface area (Å²) in [5.41, 5.74) is 6.15. The Morgan fingerprint density at radius 3 is 2.92 bits per heavy atom. The first-order chi connectivity index (χ1) is 12.7. The van der Waals surface area contributed by atoms with Crippen LogP contribution < -0.4 is 0 Å². The van der Waals surface area contributed by atoms with Crippen molar-refractivity contribution in [3.63, 3.8) is 0 Å². The quantitative estimate of drug-likeness (QED) is 0.660. The number of rotatable bonds is 5. The Bertz CT molecular complexity index is 941. The van der Waals surface area contributed by atoms with Crippen molar-refractivity contribution in [2.45, 2.75) is 39.2 Å². The fourth-order valence-corrected chi connectivity index (χ4v) is 3.83. The molecule has 0 radical (unpaired) electrons. The zero-order chi connectivity index (χ0) is 18.1. The van der Waals surface area contributed by atoms with Gasteiger partial charge in [-0.1, -0.05) is 6.07 Å². The van der Waals surface area contributed by atoms with Crippen LogP contribution >= 0.6 is 0 Å². The molecule has 6 nitrogen and oxygen atoms in total. The maximum Gasteiger partial charge on any atom is 0.254 e. The highest BCUT2D eigenvalue weighted by atomic mass is 16.3. The number of aromatic nitrogens is 3. The van der Waals surface area contributed by atoms with Gasteiger partial charge in [0.1, 0.15) is 0 Å². The summed E-state index contributed by atoms with van der Waals surface area (Å²) < 4.78 is 0. The highest BCUT2D eigenvalue weighted by Crippen LogP contribution is 2.29. The van der Waals surface area contributed by atoms with E-state index in [0.717, 1.165) is 29.7 Å². The lowest BCUT2D eigenvalue weighted by Gasteiger charge is -2.21. The number of carbonyl (C=O) groups excluding carboxylic acids is 1. The second-order valence-corrected chi connectivity index (χ2v) is 6.97. The number of aliphatic hydroxyl groups excluding tert-OH is 1. The van der Waals surface area contributed by atoms with Crippen molar-refractivity contribution in [2.24, 2.45) is 0 Å². The Morgan fingerprint density at radius 2 is 2.15 bits per heavy atom. The van der Waals surface area contributed by atoms with Crippen LogP contribution in [0.2, 0.25) is 0 Å². The Labute approximate surface area is 152 Å². The molecule has 6 heteroatoms. The third kappa shape index (κ3) is 3.01. The molecule has 1 aromatic carbocycles. The van der Waals surface area contributed by atoms with Crippen molar-refractivity contribution in [1.29, 1.82) is 0 Å². The molecule has 2 aromatic heterocycles. The van der Waals surface area contributed by atoms with Crippen molar-refractivity contribution in [2.75, 3.05) is 13.2 Å². The number of aliphatic hydroxyl groups is 1. The summed E-state index contributed by atoms with van der Waals surface area (Å²) in [5.74, 6) is -0.0871. The summed E-state index contributed by atoms with van der Waals surface area (Å²) in [7, 11) is 0. The van der Waals surface area contributed by atoms with Gasteiger partial charge in [-0.25, -0.2) is 4.98 Å². The van der Waals surface area contributed by atoms with Gasteiger partial charge in [0.05, 0.1) is 25.2 Å². The van der Waals surface area contributed by atoms with Gasteiger partial charge in [-0.2, -0.15) is 0 Å². The van der Waals surface area contributed by atoms with E-state index in [0.29, 0.717) is 12.1 Å². The van der Waals surface area contributed by atoms with E-state index in [1.807, 2.05) is 19.1 Å². The van der Waals surface area contributed by atoms with Crippen LogP contribution in [0.25, 0.3) is 10.9 Å². The van der Waals surface area contributed by atoms with Gasteiger partial charge in [-0.15, -0.1) is 0 Å². The Kier molecular flexibility index (Phi) is 4.51. The minimum Gasteiger partial charge on any atom is -0.395 e. The van der Waals surface area contributed by atoms with Gasteiger partial charge in [0.15, 0.2) is 0 Å². The van der Waals surface area contributed by atoms with Crippen molar-refractivity contribution in [3.8, 4) is 0 Å². The van der Waals surface area contributed by atoms with Crippen LogP contribution in [0.3, 0.4) is 0 Å². The number of benzene rings is 1. The molecule has 3 aromatic rings. The number of hydrogen-bond acceptors (Lipinski definition) is 3. The fraction of sp³-hybridized carbons (Fsp3) is 0.400. The molecule has 2 heterocycles. The molecule has 0 fully saturated rings. The molecular formula is C20H24N4O2. The molecule has 0 bridgehead atoms. The second kappa shape index (κ2) is 6.96. The summed E-state index contributed by atoms with van der Waals surface area (Å²) in [6, 6.07) is 5.90. The highest BCUT2D eigenvalue weighted by molar-refractivity contribution is 5.98. The summed E-state index contributed by atoms with van der Waals surface area (Å²) in [6.45, 7) is 2.52. The van der Waals surface area contributed by atoms with Crippen LogP contribution in [0.15, 0.2) is 24.5 Å². The molecule has 26 heavy (non-hydrogen) atoms. The molecule has 3 N–H and O–H groups in total. The molecule has 0 unspecified atom stereocenters. The lowest BCUT2D eigenvalue weighted by atomic mass is 9.95. The van der Waals surface area contributed by atoms with Gasteiger partial charge >= 0.3 is 0 Å². The topological polar surface area (TPSA) is 85.0 Å². The van der Waals surface area contributed by atoms with Crippen LogP contribution in [0, 0.1) is 6.92 Å². The fourth-order valence-electron chi connectivity index (χ4n) is 3.83. The maximum absolute atomic E-state index is 13.0. The van der Waals surface area contributed by atoms with Gasteiger partial charge in [-0.05, 0) is 50.3 Å². The van der Waals surface area contributed by atoms with Gasteiger partial charge in [0, 0.05) is 34.4 Å². The molecule has 1 aliphatic carbocycles.